The Hall–Kier alpha value is -1.92. The molecular formula is C15H17FN2O2S. The number of nitrogens with one attached hydrogen (secondary N) is 1. The van der Waals surface area contributed by atoms with E-state index in [1.165, 1.54) is 12.1 Å². The van der Waals surface area contributed by atoms with Crippen molar-refractivity contribution in [3.05, 3.63) is 59.4 Å². The average molecular weight is 308 g/mol. The van der Waals surface area contributed by atoms with Crippen molar-refractivity contribution in [3.63, 3.8) is 0 Å². The van der Waals surface area contributed by atoms with E-state index < -0.39 is 15.8 Å². The molecule has 0 amide bonds. The van der Waals surface area contributed by atoms with Crippen LogP contribution in [0.3, 0.4) is 0 Å². The number of benzene rings is 2. The van der Waals surface area contributed by atoms with Crippen LogP contribution in [0.25, 0.3) is 0 Å². The zero-order valence-electron chi connectivity index (χ0n) is 11.8. The predicted octanol–water partition coefficient (Wildman–Crippen LogP) is 2.95. The number of hydrogen-bond acceptors (Lipinski definition) is 3. The van der Waals surface area contributed by atoms with E-state index in [-0.39, 0.29) is 10.9 Å². The highest BCUT2D eigenvalue weighted by atomic mass is 32.2. The lowest BCUT2D eigenvalue weighted by molar-refractivity contribution is 0.594. The normalized spacial score (nSPS) is 13.0. The quantitative estimate of drug-likeness (QED) is 0.912. The molecule has 0 saturated heterocycles. The maximum Gasteiger partial charge on any atom is 0.262 e. The third kappa shape index (κ3) is 3.59. The molecule has 1 unspecified atom stereocenters. The summed E-state index contributed by atoms with van der Waals surface area (Å²) >= 11 is 0. The van der Waals surface area contributed by atoms with Crippen LogP contribution in [0.2, 0.25) is 0 Å². The van der Waals surface area contributed by atoms with Crippen LogP contribution in [-0.2, 0) is 10.0 Å². The lowest BCUT2D eigenvalue weighted by atomic mass is 10.1. The van der Waals surface area contributed by atoms with Gasteiger partial charge in [0.05, 0.1) is 4.90 Å². The Balaban J connectivity index is 2.37. The van der Waals surface area contributed by atoms with Gasteiger partial charge in [0.15, 0.2) is 0 Å². The predicted molar refractivity (Wildman–Crippen MR) is 81.0 cm³/mol. The molecule has 1 atom stereocenters. The van der Waals surface area contributed by atoms with E-state index in [0.717, 1.165) is 11.6 Å². The third-order valence-corrected chi connectivity index (χ3v) is 4.63. The minimum absolute atomic E-state index is 0.0753. The van der Waals surface area contributed by atoms with Gasteiger partial charge in [-0.05, 0) is 49.2 Å². The van der Waals surface area contributed by atoms with Gasteiger partial charge in [-0.2, -0.15) is 0 Å². The Morgan fingerprint density at radius 2 is 1.90 bits per heavy atom. The van der Waals surface area contributed by atoms with E-state index >= 15 is 0 Å². The molecule has 2 aromatic carbocycles. The summed E-state index contributed by atoms with van der Waals surface area (Å²) in [5, 5.41) is 0. The standard InChI is InChI=1S/C15H17FN2O2S/c1-10-6-7-13(16)9-15(10)21(19,20)18-14-5-3-4-12(8-14)11(2)17/h3-9,11,18H,17H2,1-2H3. The lowest BCUT2D eigenvalue weighted by Crippen LogP contribution is -2.15. The fourth-order valence-corrected chi connectivity index (χ4v) is 3.27. The minimum Gasteiger partial charge on any atom is -0.324 e. The first kappa shape index (κ1) is 15.5. The van der Waals surface area contributed by atoms with Crippen molar-refractivity contribution in [1.82, 2.24) is 0 Å². The summed E-state index contributed by atoms with van der Waals surface area (Å²) in [5.74, 6) is -0.592. The van der Waals surface area contributed by atoms with Gasteiger partial charge in [0.1, 0.15) is 5.82 Å². The van der Waals surface area contributed by atoms with Crippen LogP contribution in [-0.4, -0.2) is 8.42 Å². The Labute approximate surface area is 123 Å². The molecule has 4 nitrogen and oxygen atoms in total. The summed E-state index contributed by atoms with van der Waals surface area (Å²) in [6.07, 6.45) is 0. The molecule has 0 fully saturated rings. The molecule has 112 valence electrons. The van der Waals surface area contributed by atoms with Crippen LogP contribution in [0.4, 0.5) is 10.1 Å². The van der Waals surface area contributed by atoms with Gasteiger partial charge in [-0.1, -0.05) is 18.2 Å². The second-order valence-electron chi connectivity index (χ2n) is 4.93. The summed E-state index contributed by atoms with van der Waals surface area (Å²) in [6, 6.07) is 10.3. The van der Waals surface area contributed by atoms with Crippen molar-refractivity contribution < 1.29 is 12.8 Å². The van der Waals surface area contributed by atoms with E-state index in [1.807, 2.05) is 13.0 Å². The molecule has 0 aliphatic heterocycles. The molecule has 0 aliphatic carbocycles. The van der Waals surface area contributed by atoms with Crippen molar-refractivity contribution in [2.24, 2.45) is 5.73 Å². The number of sulfonamides is 1. The van der Waals surface area contributed by atoms with Gasteiger partial charge in [-0.15, -0.1) is 0 Å². The minimum atomic E-state index is -3.84. The number of halogens is 1. The molecule has 0 radical (unpaired) electrons. The average Bonchev–Trinajstić information content (AvgIpc) is 2.41. The van der Waals surface area contributed by atoms with Crippen LogP contribution in [0.15, 0.2) is 47.4 Å². The molecule has 0 aliphatic rings. The van der Waals surface area contributed by atoms with Gasteiger partial charge >= 0.3 is 0 Å². The van der Waals surface area contributed by atoms with Crippen LogP contribution >= 0.6 is 0 Å². The third-order valence-electron chi connectivity index (χ3n) is 3.10. The van der Waals surface area contributed by atoms with E-state index in [0.29, 0.717) is 11.3 Å². The highest BCUT2D eigenvalue weighted by Crippen LogP contribution is 2.22. The first-order valence-electron chi connectivity index (χ1n) is 6.44. The molecule has 2 aromatic rings. The van der Waals surface area contributed by atoms with Crippen molar-refractivity contribution in [3.8, 4) is 0 Å². The summed E-state index contributed by atoms with van der Waals surface area (Å²) in [4.78, 5) is -0.0753. The smallest absolute Gasteiger partial charge is 0.262 e. The number of hydrogen-bond donors (Lipinski definition) is 2. The van der Waals surface area contributed by atoms with E-state index in [9.17, 15) is 12.8 Å². The second-order valence-corrected chi connectivity index (χ2v) is 6.58. The molecule has 0 aromatic heterocycles. The molecular weight excluding hydrogens is 291 g/mol. The molecule has 6 heteroatoms. The number of nitrogens with two attached hydrogens (primary N) is 1. The van der Waals surface area contributed by atoms with E-state index in [1.54, 1.807) is 25.1 Å². The number of anilines is 1. The first-order chi connectivity index (χ1) is 9.79. The van der Waals surface area contributed by atoms with E-state index in [4.69, 9.17) is 5.73 Å². The number of rotatable bonds is 4. The molecule has 2 rings (SSSR count). The van der Waals surface area contributed by atoms with Crippen LogP contribution < -0.4 is 10.5 Å². The van der Waals surface area contributed by atoms with Gasteiger partial charge < -0.3 is 5.73 Å². The second kappa shape index (κ2) is 5.83. The molecule has 3 N–H and O–H groups in total. The summed E-state index contributed by atoms with van der Waals surface area (Å²) in [5.41, 5.74) is 7.46. The molecule has 0 bridgehead atoms. The van der Waals surface area contributed by atoms with Gasteiger partial charge in [-0.25, -0.2) is 12.8 Å². The molecule has 0 heterocycles. The highest BCUT2D eigenvalue weighted by molar-refractivity contribution is 7.92. The largest absolute Gasteiger partial charge is 0.324 e. The highest BCUT2D eigenvalue weighted by Gasteiger charge is 2.18. The molecule has 0 saturated carbocycles. The summed E-state index contributed by atoms with van der Waals surface area (Å²) < 4.78 is 40.4. The van der Waals surface area contributed by atoms with Crippen LogP contribution in [0.5, 0.6) is 0 Å². The summed E-state index contributed by atoms with van der Waals surface area (Å²) in [6.45, 7) is 3.43. The van der Waals surface area contributed by atoms with Crippen molar-refractivity contribution in [2.75, 3.05) is 4.72 Å². The van der Waals surface area contributed by atoms with Gasteiger partial charge in [0.2, 0.25) is 0 Å². The van der Waals surface area contributed by atoms with Crippen LogP contribution in [0.1, 0.15) is 24.1 Å². The zero-order chi connectivity index (χ0) is 15.6. The van der Waals surface area contributed by atoms with Crippen molar-refractivity contribution in [2.45, 2.75) is 24.8 Å². The lowest BCUT2D eigenvalue weighted by Gasteiger charge is -2.12. The molecule has 21 heavy (non-hydrogen) atoms. The van der Waals surface area contributed by atoms with E-state index in [2.05, 4.69) is 4.72 Å². The fraction of sp³-hybridized carbons (Fsp3) is 0.200. The SMILES string of the molecule is Cc1ccc(F)cc1S(=O)(=O)Nc1cccc(C(C)N)c1. The maximum absolute atomic E-state index is 13.3. The Bertz CT molecular complexity index is 758. The fourth-order valence-electron chi connectivity index (χ4n) is 1.96. The van der Waals surface area contributed by atoms with Gasteiger partial charge in [0.25, 0.3) is 10.0 Å². The Kier molecular flexibility index (Phi) is 4.29. The van der Waals surface area contributed by atoms with Gasteiger partial charge in [-0.3, -0.25) is 4.72 Å². The molecule has 0 spiro atoms. The zero-order valence-corrected chi connectivity index (χ0v) is 12.6. The summed E-state index contributed by atoms with van der Waals surface area (Å²) in [7, 11) is -3.84. The Morgan fingerprint density at radius 3 is 2.57 bits per heavy atom. The van der Waals surface area contributed by atoms with Gasteiger partial charge in [0, 0.05) is 11.7 Å². The van der Waals surface area contributed by atoms with Crippen molar-refractivity contribution >= 4 is 15.7 Å². The monoisotopic (exact) mass is 308 g/mol. The topological polar surface area (TPSA) is 72.2 Å². The van der Waals surface area contributed by atoms with Crippen LogP contribution in [0, 0.1) is 12.7 Å². The maximum atomic E-state index is 13.3. The number of aryl methyl sites for hydroxylation is 1. The Morgan fingerprint density at radius 1 is 1.19 bits per heavy atom. The first-order valence-corrected chi connectivity index (χ1v) is 7.92. The van der Waals surface area contributed by atoms with Crippen molar-refractivity contribution in [1.29, 1.82) is 0 Å².